The van der Waals surface area contributed by atoms with Gasteiger partial charge in [0.25, 0.3) is 0 Å². The lowest BCUT2D eigenvalue weighted by atomic mass is 10.0. The smallest absolute Gasteiger partial charge is 0.368 e. The van der Waals surface area contributed by atoms with Gasteiger partial charge in [-0.3, -0.25) is 0 Å². The summed E-state index contributed by atoms with van der Waals surface area (Å²) in [6, 6.07) is 9.91. The number of fused-ring (bicyclic) bond motifs is 1. The molecule has 0 radical (unpaired) electrons. The van der Waals surface area contributed by atoms with Gasteiger partial charge in [-0.25, -0.2) is 9.18 Å². The molecule has 0 fully saturated rings. The molecule has 166 valence electrons. The number of ether oxygens (including phenoxy) is 2. The Morgan fingerprint density at radius 2 is 2.12 bits per heavy atom. The molecule has 1 aliphatic heterocycles. The van der Waals surface area contributed by atoms with Gasteiger partial charge in [-0.15, -0.1) is 5.10 Å². The molecule has 0 unspecified atom stereocenters. The van der Waals surface area contributed by atoms with Crippen LogP contribution in [-0.4, -0.2) is 38.0 Å². The Morgan fingerprint density at radius 1 is 1.28 bits per heavy atom. The van der Waals surface area contributed by atoms with Crippen molar-refractivity contribution in [3.63, 3.8) is 0 Å². The fourth-order valence-corrected chi connectivity index (χ4v) is 3.36. The lowest BCUT2D eigenvalue weighted by Crippen LogP contribution is -2.23. The van der Waals surface area contributed by atoms with Crippen molar-refractivity contribution in [2.45, 2.75) is 33.3 Å². The molecular formula is C22H23FN6O3. The number of aryl methyl sites for hydroxylation is 2. The van der Waals surface area contributed by atoms with E-state index in [9.17, 15) is 9.18 Å². The van der Waals surface area contributed by atoms with E-state index in [1.807, 2.05) is 26.0 Å². The molecular weight excluding hydrogens is 415 g/mol. The maximum atomic E-state index is 13.7. The zero-order chi connectivity index (χ0) is 22.7. The van der Waals surface area contributed by atoms with Crippen LogP contribution in [0, 0.1) is 12.7 Å². The third kappa shape index (κ3) is 4.29. The van der Waals surface area contributed by atoms with Crippen molar-refractivity contribution in [1.82, 2.24) is 19.8 Å². The average Bonchev–Trinajstić information content (AvgIpc) is 3.12. The standard InChI is InChI=1S/C22H23FN6O3/c1-4-21(25-24-18-10-11-31-20-9-8-15(23)12-16(18)20)32-13-17-14(2)6-5-7-19(17)29-22(30)28(3)26-27-29/h5-9,12H,4,10-11,13H2,1-3H3/b24-18-,25-21-. The van der Waals surface area contributed by atoms with Gasteiger partial charge in [0.2, 0.25) is 5.90 Å². The van der Waals surface area contributed by atoms with Gasteiger partial charge in [0.15, 0.2) is 0 Å². The molecule has 1 aliphatic rings. The summed E-state index contributed by atoms with van der Waals surface area (Å²) in [6.07, 6.45) is 1.03. The summed E-state index contributed by atoms with van der Waals surface area (Å²) in [5.74, 6) is 0.649. The predicted molar refractivity (Wildman–Crippen MR) is 117 cm³/mol. The van der Waals surface area contributed by atoms with E-state index in [1.54, 1.807) is 19.2 Å². The highest BCUT2D eigenvalue weighted by Crippen LogP contribution is 2.26. The van der Waals surface area contributed by atoms with Gasteiger partial charge < -0.3 is 9.47 Å². The molecule has 0 saturated carbocycles. The third-order valence-corrected chi connectivity index (χ3v) is 5.15. The van der Waals surface area contributed by atoms with E-state index in [0.29, 0.717) is 48.1 Å². The van der Waals surface area contributed by atoms with E-state index in [1.165, 1.54) is 16.8 Å². The minimum atomic E-state index is -0.357. The highest BCUT2D eigenvalue weighted by Gasteiger charge is 2.18. The van der Waals surface area contributed by atoms with Crippen molar-refractivity contribution < 1.29 is 13.9 Å². The van der Waals surface area contributed by atoms with Gasteiger partial charge in [0.1, 0.15) is 18.2 Å². The maximum Gasteiger partial charge on any atom is 0.368 e. The van der Waals surface area contributed by atoms with Crippen molar-refractivity contribution in [2.24, 2.45) is 17.3 Å². The fraction of sp³-hybridized carbons (Fsp3) is 0.318. The van der Waals surface area contributed by atoms with Gasteiger partial charge in [-0.1, -0.05) is 19.1 Å². The summed E-state index contributed by atoms with van der Waals surface area (Å²) in [6.45, 7) is 4.47. The molecule has 0 bridgehead atoms. The molecule has 0 saturated heterocycles. The lowest BCUT2D eigenvalue weighted by molar-refractivity contribution is 0.282. The van der Waals surface area contributed by atoms with Crippen molar-refractivity contribution in [1.29, 1.82) is 0 Å². The van der Waals surface area contributed by atoms with E-state index in [0.717, 1.165) is 15.8 Å². The van der Waals surface area contributed by atoms with E-state index < -0.39 is 0 Å². The highest BCUT2D eigenvalue weighted by molar-refractivity contribution is 6.03. The molecule has 0 spiro atoms. The molecule has 0 amide bonds. The van der Waals surface area contributed by atoms with Crippen molar-refractivity contribution in [3.8, 4) is 11.4 Å². The number of nitrogens with zero attached hydrogens (tertiary/aromatic N) is 6. The molecule has 2 aromatic carbocycles. The van der Waals surface area contributed by atoms with E-state index in [-0.39, 0.29) is 18.1 Å². The van der Waals surface area contributed by atoms with Gasteiger partial charge in [0, 0.05) is 31.0 Å². The largest absolute Gasteiger partial charge is 0.492 e. The highest BCUT2D eigenvalue weighted by atomic mass is 19.1. The van der Waals surface area contributed by atoms with Crippen LogP contribution in [0.5, 0.6) is 5.75 Å². The third-order valence-electron chi connectivity index (χ3n) is 5.15. The minimum Gasteiger partial charge on any atom is -0.492 e. The molecule has 9 nitrogen and oxygen atoms in total. The Kier molecular flexibility index (Phi) is 6.11. The maximum absolute atomic E-state index is 13.7. The monoisotopic (exact) mass is 438 g/mol. The van der Waals surface area contributed by atoms with Crippen molar-refractivity contribution in [2.75, 3.05) is 6.61 Å². The van der Waals surface area contributed by atoms with Gasteiger partial charge in [-0.2, -0.15) is 14.5 Å². The van der Waals surface area contributed by atoms with E-state index in [4.69, 9.17) is 9.47 Å². The Labute approximate surface area is 183 Å². The molecule has 32 heavy (non-hydrogen) atoms. The second-order valence-electron chi connectivity index (χ2n) is 7.29. The number of halogens is 1. The molecule has 2 heterocycles. The second-order valence-corrected chi connectivity index (χ2v) is 7.29. The molecule has 0 N–H and O–H groups in total. The molecule has 10 heteroatoms. The number of hydrogen-bond acceptors (Lipinski definition) is 7. The van der Waals surface area contributed by atoms with Gasteiger partial charge in [0.05, 0.1) is 18.0 Å². The Hall–Kier alpha value is -3.82. The zero-order valence-electron chi connectivity index (χ0n) is 18.1. The molecule has 0 atom stereocenters. The topological polar surface area (TPSA) is 95.9 Å². The van der Waals surface area contributed by atoms with Crippen molar-refractivity contribution >= 4 is 11.6 Å². The first kappa shape index (κ1) is 21.4. The minimum absolute atomic E-state index is 0.177. The van der Waals surface area contributed by atoms with Gasteiger partial charge >= 0.3 is 5.69 Å². The van der Waals surface area contributed by atoms with Crippen LogP contribution in [0.25, 0.3) is 5.69 Å². The number of hydrogen-bond donors (Lipinski definition) is 0. The SMILES string of the molecule is CC/C(=N/N=C1/CCOc2ccc(F)cc21)OCc1c(C)cccc1-n1nnn(C)c1=O. The normalized spacial score (nSPS) is 14.9. The van der Waals surface area contributed by atoms with Crippen LogP contribution in [0.2, 0.25) is 0 Å². The molecule has 3 aromatic rings. The summed E-state index contributed by atoms with van der Waals surface area (Å²) in [4.78, 5) is 12.3. The van der Waals surface area contributed by atoms with Crippen LogP contribution < -0.4 is 10.4 Å². The van der Waals surface area contributed by atoms with Gasteiger partial charge in [-0.05, 0) is 47.2 Å². The van der Waals surface area contributed by atoms with Crippen LogP contribution in [0.15, 0.2) is 51.4 Å². The summed E-state index contributed by atoms with van der Waals surface area (Å²) < 4.78 is 27.6. The van der Waals surface area contributed by atoms with Crippen LogP contribution in [-0.2, 0) is 18.4 Å². The summed E-state index contributed by atoms with van der Waals surface area (Å²) in [7, 11) is 1.54. The van der Waals surface area contributed by atoms with Crippen LogP contribution in [0.1, 0.15) is 36.5 Å². The summed E-state index contributed by atoms with van der Waals surface area (Å²) >= 11 is 0. The first-order valence-corrected chi connectivity index (χ1v) is 10.2. The van der Waals surface area contributed by atoms with Crippen molar-refractivity contribution in [3.05, 3.63) is 69.4 Å². The fourth-order valence-electron chi connectivity index (χ4n) is 3.36. The van der Waals surface area contributed by atoms with Crippen LogP contribution in [0.3, 0.4) is 0 Å². The summed E-state index contributed by atoms with van der Waals surface area (Å²) in [5, 5.41) is 16.3. The predicted octanol–water partition coefficient (Wildman–Crippen LogP) is 2.93. The molecule has 4 rings (SSSR count). The zero-order valence-corrected chi connectivity index (χ0v) is 18.1. The second kappa shape index (κ2) is 9.13. The van der Waals surface area contributed by atoms with Crippen LogP contribution in [0.4, 0.5) is 4.39 Å². The Morgan fingerprint density at radius 3 is 2.88 bits per heavy atom. The number of tetrazole rings is 1. The number of rotatable bonds is 5. The Balaban J connectivity index is 1.59. The first-order chi connectivity index (χ1) is 15.5. The Bertz CT molecular complexity index is 1260. The van der Waals surface area contributed by atoms with Crippen LogP contribution >= 0.6 is 0 Å². The van der Waals surface area contributed by atoms with E-state index in [2.05, 4.69) is 20.6 Å². The lowest BCUT2D eigenvalue weighted by Gasteiger charge is -2.18. The average molecular weight is 438 g/mol. The quantitative estimate of drug-likeness (QED) is 0.347. The molecule has 0 aliphatic carbocycles. The van der Waals surface area contributed by atoms with E-state index >= 15 is 0 Å². The summed E-state index contributed by atoms with van der Waals surface area (Å²) in [5.41, 5.74) is 3.22. The number of aromatic nitrogens is 4. The first-order valence-electron chi connectivity index (χ1n) is 10.2. The molecule has 1 aromatic heterocycles. The number of benzene rings is 2.